The quantitative estimate of drug-likeness (QED) is 0.824. The molecule has 1 aliphatic rings. The minimum Gasteiger partial charge on any atom is -0.368 e. The van der Waals surface area contributed by atoms with Crippen LogP contribution in [0.4, 0.5) is 5.69 Å². The van der Waals surface area contributed by atoms with Crippen LogP contribution in [-0.2, 0) is 10.0 Å². The van der Waals surface area contributed by atoms with Gasteiger partial charge in [0.25, 0.3) is 0 Å². The maximum atomic E-state index is 13.2. The van der Waals surface area contributed by atoms with Gasteiger partial charge in [0.2, 0.25) is 10.0 Å². The SMILES string of the molecule is Cc1ccc(S(=O)(=O)N2CCN(c3c(C)cccc3C)CC2)c(C)c1C. The number of anilines is 1. The number of benzene rings is 2. The van der Waals surface area contributed by atoms with Crippen molar-refractivity contribution < 1.29 is 8.42 Å². The molecule has 2 aromatic carbocycles. The second-order valence-electron chi connectivity index (χ2n) is 7.26. The van der Waals surface area contributed by atoms with E-state index in [4.69, 9.17) is 0 Å². The van der Waals surface area contributed by atoms with Crippen LogP contribution >= 0.6 is 0 Å². The van der Waals surface area contributed by atoms with Gasteiger partial charge in [-0.2, -0.15) is 4.31 Å². The van der Waals surface area contributed by atoms with Crippen molar-refractivity contribution in [1.82, 2.24) is 4.31 Å². The molecule has 0 saturated carbocycles. The molecule has 0 spiro atoms. The summed E-state index contributed by atoms with van der Waals surface area (Å²) in [5, 5.41) is 0. The van der Waals surface area contributed by atoms with Crippen molar-refractivity contribution in [3.63, 3.8) is 0 Å². The number of nitrogens with zero attached hydrogens (tertiary/aromatic N) is 2. The number of para-hydroxylation sites is 1. The first-order valence-corrected chi connectivity index (χ1v) is 10.6. The van der Waals surface area contributed by atoms with E-state index in [1.54, 1.807) is 10.4 Å². The van der Waals surface area contributed by atoms with E-state index in [2.05, 4.69) is 36.9 Å². The molecule has 0 aliphatic carbocycles. The van der Waals surface area contributed by atoms with Gasteiger partial charge in [0.15, 0.2) is 0 Å². The number of hydrogen-bond acceptors (Lipinski definition) is 3. The maximum Gasteiger partial charge on any atom is 0.243 e. The lowest BCUT2D eigenvalue weighted by atomic mass is 10.1. The normalized spacial score (nSPS) is 16.1. The number of hydrogen-bond donors (Lipinski definition) is 0. The van der Waals surface area contributed by atoms with E-state index in [0.29, 0.717) is 18.0 Å². The summed E-state index contributed by atoms with van der Waals surface area (Å²) in [4.78, 5) is 2.75. The van der Waals surface area contributed by atoms with Crippen LogP contribution in [0.1, 0.15) is 27.8 Å². The summed E-state index contributed by atoms with van der Waals surface area (Å²) in [5.74, 6) is 0. The molecule has 0 radical (unpaired) electrons. The first-order chi connectivity index (χ1) is 12.2. The van der Waals surface area contributed by atoms with Gasteiger partial charge in [-0.15, -0.1) is 0 Å². The van der Waals surface area contributed by atoms with Gasteiger partial charge in [-0.1, -0.05) is 24.3 Å². The molecule has 26 heavy (non-hydrogen) atoms. The largest absolute Gasteiger partial charge is 0.368 e. The van der Waals surface area contributed by atoms with Gasteiger partial charge in [0, 0.05) is 31.9 Å². The van der Waals surface area contributed by atoms with Gasteiger partial charge in [-0.25, -0.2) is 8.42 Å². The van der Waals surface area contributed by atoms with Crippen LogP contribution < -0.4 is 4.90 Å². The predicted octanol–water partition coefficient (Wildman–Crippen LogP) is 3.74. The summed E-state index contributed by atoms with van der Waals surface area (Å²) < 4.78 is 27.9. The molecule has 3 rings (SSSR count). The van der Waals surface area contributed by atoms with Crippen LogP contribution in [-0.4, -0.2) is 38.9 Å². The molecule has 2 aromatic rings. The molecule has 0 N–H and O–H groups in total. The topological polar surface area (TPSA) is 40.6 Å². The van der Waals surface area contributed by atoms with E-state index in [1.165, 1.54) is 16.8 Å². The van der Waals surface area contributed by atoms with Crippen molar-refractivity contribution in [3.8, 4) is 0 Å². The lowest BCUT2D eigenvalue weighted by Gasteiger charge is -2.37. The third kappa shape index (κ3) is 3.26. The minimum absolute atomic E-state index is 0.445. The van der Waals surface area contributed by atoms with Crippen LogP contribution in [0.25, 0.3) is 0 Å². The van der Waals surface area contributed by atoms with Crippen molar-refractivity contribution in [2.24, 2.45) is 0 Å². The van der Waals surface area contributed by atoms with Gasteiger partial charge in [0.1, 0.15) is 0 Å². The second-order valence-corrected chi connectivity index (χ2v) is 9.17. The average Bonchev–Trinajstić information content (AvgIpc) is 2.60. The Labute approximate surface area is 157 Å². The molecule has 1 fully saturated rings. The molecule has 0 bridgehead atoms. The molecule has 140 valence electrons. The van der Waals surface area contributed by atoms with Crippen molar-refractivity contribution in [2.75, 3.05) is 31.1 Å². The third-order valence-electron chi connectivity index (χ3n) is 5.62. The average molecular weight is 373 g/mol. The van der Waals surface area contributed by atoms with E-state index in [-0.39, 0.29) is 0 Å². The highest BCUT2D eigenvalue weighted by atomic mass is 32.2. The van der Waals surface area contributed by atoms with E-state index < -0.39 is 10.0 Å². The summed E-state index contributed by atoms with van der Waals surface area (Å²) in [6, 6.07) is 9.96. The predicted molar refractivity (Wildman–Crippen MR) is 108 cm³/mol. The zero-order valence-electron chi connectivity index (χ0n) is 16.3. The minimum atomic E-state index is -3.45. The Kier molecular flexibility index (Phi) is 5.13. The van der Waals surface area contributed by atoms with Gasteiger partial charge in [-0.05, 0) is 68.5 Å². The Morgan fingerprint density at radius 3 is 1.88 bits per heavy atom. The number of sulfonamides is 1. The fourth-order valence-electron chi connectivity index (χ4n) is 3.81. The van der Waals surface area contributed by atoms with E-state index in [9.17, 15) is 8.42 Å². The Balaban J connectivity index is 1.83. The molecule has 1 saturated heterocycles. The highest BCUT2D eigenvalue weighted by molar-refractivity contribution is 7.89. The summed E-state index contributed by atoms with van der Waals surface area (Å²) in [7, 11) is -3.45. The lowest BCUT2D eigenvalue weighted by molar-refractivity contribution is 0.384. The van der Waals surface area contributed by atoms with E-state index >= 15 is 0 Å². The molecule has 5 heteroatoms. The zero-order valence-corrected chi connectivity index (χ0v) is 17.2. The van der Waals surface area contributed by atoms with Gasteiger partial charge in [0.05, 0.1) is 4.90 Å². The van der Waals surface area contributed by atoms with E-state index in [1.807, 2.05) is 26.8 Å². The fraction of sp³-hybridized carbons (Fsp3) is 0.429. The Morgan fingerprint density at radius 1 is 0.731 bits per heavy atom. The monoisotopic (exact) mass is 372 g/mol. The molecule has 0 amide bonds. The molecule has 4 nitrogen and oxygen atoms in total. The number of rotatable bonds is 3. The molecule has 0 aromatic heterocycles. The zero-order chi connectivity index (χ0) is 19.1. The number of aryl methyl sites for hydroxylation is 3. The van der Waals surface area contributed by atoms with Gasteiger partial charge < -0.3 is 4.90 Å². The lowest BCUT2D eigenvalue weighted by Crippen LogP contribution is -2.49. The van der Waals surface area contributed by atoms with Crippen LogP contribution in [0.3, 0.4) is 0 Å². The Morgan fingerprint density at radius 2 is 1.31 bits per heavy atom. The summed E-state index contributed by atoms with van der Waals surface area (Å²) in [5.41, 5.74) is 6.77. The summed E-state index contributed by atoms with van der Waals surface area (Å²) >= 11 is 0. The van der Waals surface area contributed by atoms with Crippen molar-refractivity contribution in [1.29, 1.82) is 0 Å². The Hall–Kier alpha value is -1.85. The van der Waals surface area contributed by atoms with Crippen LogP contribution in [0.15, 0.2) is 35.2 Å². The molecule has 0 atom stereocenters. The summed E-state index contributed by atoms with van der Waals surface area (Å²) in [6.07, 6.45) is 0. The van der Waals surface area contributed by atoms with Crippen LogP contribution in [0.2, 0.25) is 0 Å². The van der Waals surface area contributed by atoms with Gasteiger partial charge >= 0.3 is 0 Å². The molecular weight excluding hydrogens is 344 g/mol. The summed E-state index contributed by atoms with van der Waals surface area (Å²) in [6.45, 7) is 12.6. The first-order valence-electron chi connectivity index (χ1n) is 9.11. The highest BCUT2D eigenvalue weighted by Gasteiger charge is 2.30. The van der Waals surface area contributed by atoms with Crippen LogP contribution in [0.5, 0.6) is 0 Å². The van der Waals surface area contributed by atoms with Crippen LogP contribution in [0, 0.1) is 34.6 Å². The second kappa shape index (κ2) is 7.05. The fourth-order valence-corrected chi connectivity index (χ4v) is 5.51. The maximum absolute atomic E-state index is 13.2. The first kappa shape index (κ1) is 18.9. The number of piperazine rings is 1. The van der Waals surface area contributed by atoms with Gasteiger partial charge in [-0.3, -0.25) is 0 Å². The van der Waals surface area contributed by atoms with Crippen molar-refractivity contribution in [2.45, 2.75) is 39.5 Å². The Bertz CT molecular complexity index is 907. The van der Waals surface area contributed by atoms with Crippen molar-refractivity contribution >= 4 is 15.7 Å². The van der Waals surface area contributed by atoms with Crippen molar-refractivity contribution in [3.05, 3.63) is 58.1 Å². The smallest absolute Gasteiger partial charge is 0.243 e. The molecule has 1 aliphatic heterocycles. The highest BCUT2D eigenvalue weighted by Crippen LogP contribution is 2.28. The molecule has 1 heterocycles. The molecule has 0 unspecified atom stereocenters. The van der Waals surface area contributed by atoms with E-state index in [0.717, 1.165) is 29.8 Å². The molecular formula is C21H28N2O2S. The third-order valence-corrected chi connectivity index (χ3v) is 7.66. The standard InChI is InChI=1S/C21H28N2O2S/c1-15-9-10-20(19(5)18(15)4)26(24,25)23-13-11-22(12-14-23)21-16(2)7-6-8-17(21)3/h6-10H,11-14H2,1-5H3.